The van der Waals surface area contributed by atoms with Crippen LogP contribution in [-0.2, 0) is 4.74 Å². The molecule has 0 atom stereocenters. The average Bonchev–Trinajstić information content (AvgIpc) is 3.03. The lowest BCUT2D eigenvalue weighted by Gasteiger charge is -2.25. The highest BCUT2D eigenvalue weighted by molar-refractivity contribution is 7.16. The van der Waals surface area contributed by atoms with Crippen LogP contribution in [0.3, 0.4) is 0 Å². The second-order valence-electron chi connectivity index (χ2n) is 4.56. The lowest BCUT2D eigenvalue weighted by molar-refractivity contribution is 0.122. The smallest absolute Gasteiger partial charge is 0.185 e. The van der Waals surface area contributed by atoms with Gasteiger partial charge in [-0.2, -0.15) is 5.26 Å². The third kappa shape index (κ3) is 3.45. The molecule has 0 amide bonds. The van der Waals surface area contributed by atoms with E-state index >= 15 is 0 Å². The van der Waals surface area contributed by atoms with E-state index in [0.29, 0.717) is 5.56 Å². The van der Waals surface area contributed by atoms with Crippen LogP contribution in [0.4, 0.5) is 5.13 Å². The van der Waals surface area contributed by atoms with Gasteiger partial charge in [0.25, 0.3) is 0 Å². The SMILES string of the molecule is N#Cc1ccc(C=Cc2cnc(N3CCOCC3)s2)nc1. The molecule has 0 aromatic carbocycles. The van der Waals surface area contributed by atoms with Gasteiger partial charge < -0.3 is 9.64 Å². The molecular formula is C15H14N4OS. The molecule has 0 aliphatic carbocycles. The van der Waals surface area contributed by atoms with Crippen molar-refractivity contribution < 1.29 is 4.74 Å². The number of aromatic nitrogens is 2. The van der Waals surface area contributed by atoms with Crippen LogP contribution >= 0.6 is 11.3 Å². The fourth-order valence-electron chi connectivity index (χ4n) is 1.99. The van der Waals surface area contributed by atoms with E-state index in [1.807, 2.05) is 24.4 Å². The molecule has 21 heavy (non-hydrogen) atoms. The Morgan fingerprint density at radius 2 is 2.05 bits per heavy atom. The van der Waals surface area contributed by atoms with Crippen LogP contribution in [0.15, 0.2) is 24.5 Å². The van der Waals surface area contributed by atoms with E-state index in [0.717, 1.165) is 42.0 Å². The zero-order valence-corrected chi connectivity index (χ0v) is 12.2. The van der Waals surface area contributed by atoms with E-state index < -0.39 is 0 Å². The highest BCUT2D eigenvalue weighted by Gasteiger charge is 2.13. The molecule has 0 saturated carbocycles. The van der Waals surface area contributed by atoms with Crippen LogP contribution < -0.4 is 4.90 Å². The molecule has 2 aromatic rings. The van der Waals surface area contributed by atoms with Crippen molar-refractivity contribution in [3.8, 4) is 6.07 Å². The Kier molecular flexibility index (Phi) is 4.24. The lowest BCUT2D eigenvalue weighted by atomic mass is 10.2. The van der Waals surface area contributed by atoms with Gasteiger partial charge >= 0.3 is 0 Å². The summed E-state index contributed by atoms with van der Waals surface area (Å²) in [5, 5.41) is 9.77. The molecule has 3 heterocycles. The molecule has 0 radical (unpaired) electrons. The van der Waals surface area contributed by atoms with E-state index in [9.17, 15) is 0 Å². The topological polar surface area (TPSA) is 62.0 Å². The van der Waals surface area contributed by atoms with Crippen molar-refractivity contribution in [2.75, 3.05) is 31.2 Å². The minimum Gasteiger partial charge on any atom is -0.378 e. The Hall–Kier alpha value is -2.23. The van der Waals surface area contributed by atoms with Crippen LogP contribution in [0, 0.1) is 11.3 Å². The third-order valence-electron chi connectivity index (χ3n) is 3.13. The molecule has 1 aliphatic heterocycles. The molecule has 1 aliphatic rings. The maximum atomic E-state index is 8.73. The summed E-state index contributed by atoms with van der Waals surface area (Å²) in [6.07, 6.45) is 7.37. The van der Waals surface area contributed by atoms with Gasteiger partial charge in [-0.15, -0.1) is 0 Å². The molecule has 2 aromatic heterocycles. The minimum atomic E-state index is 0.569. The highest BCUT2D eigenvalue weighted by atomic mass is 32.1. The van der Waals surface area contributed by atoms with Crippen LogP contribution in [0.5, 0.6) is 0 Å². The van der Waals surface area contributed by atoms with Crippen LogP contribution in [0.1, 0.15) is 16.1 Å². The zero-order valence-electron chi connectivity index (χ0n) is 11.4. The summed E-state index contributed by atoms with van der Waals surface area (Å²) in [4.78, 5) is 12.0. The van der Waals surface area contributed by atoms with Gasteiger partial charge in [-0.3, -0.25) is 4.98 Å². The predicted octanol–water partition coefficient (Wildman–Crippen LogP) is 2.42. The summed E-state index contributed by atoms with van der Waals surface area (Å²) in [5.74, 6) is 0. The Balaban J connectivity index is 1.68. The third-order valence-corrected chi connectivity index (χ3v) is 4.15. The second kappa shape index (κ2) is 6.48. The first-order chi connectivity index (χ1) is 10.3. The summed E-state index contributed by atoms with van der Waals surface area (Å²) in [6, 6.07) is 5.65. The van der Waals surface area contributed by atoms with Gasteiger partial charge in [0.2, 0.25) is 0 Å². The number of pyridine rings is 1. The van der Waals surface area contributed by atoms with E-state index in [1.165, 1.54) is 0 Å². The first-order valence-electron chi connectivity index (χ1n) is 6.68. The molecular weight excluding hydrogens is 284 g/mol. The van der Waals surface area contributed by atoms with Gasteiger partial charge in [0.05, 0.1) is 24.5 Å². The molecule has 106 valence electrons. The summed E-state index contributed by atoms with van der Waals surface area (Å²) < 4.78 is 5.34. The van der Waals surface area contributed by atoms with Crippen molar-refractivity contribution >= 4 is 28.6 Å². The predicted molar refractivity (Wildman–Crippen MR) is 83.0 cm³/mol. The fraction of sp³-hybridized carbons (Fsp3) is 0.267. The molecule has 0 bridgehead atoms. The number of rotatable bonds is 3. The lowest BCUT2D eigenvalue weighted by Crippen LogP contribution is -2.36. The van der Waals surface area contributed by atoms with E-state index in [1.54, 1.807) is 23.6 Å². The molecule has 5 nitrogen and oxygen atoms in total. The van der Waals surface area contributed by atoms with Crippen molar-refractivity contribution in [1.29, 1.82) is 5.26 Å². The van der Waals surface area contributed by atoms with E-state index in [4.69, 9.17) is 10.00 Å². The van der Waals surface area contributed by atoms with Crippen molar-refractivity contribution in [3.05, 3.63) is 40.7 Å². The Bertz CT molecular complexity index is 666. The monoisotopic (exact) mass is 298 g/mol. The largest absolute Gasteiger partial charge is 0.378 e. The highest BCUT2D eigenvalue weighted by Crippen LogP contribution is 2.24. The van der Waals surface area contributed by atoms with Crippen LogP contribution in [0.2, 0.25) is 0 Å². The standard InChI is InChI=1S/C15H14N4OS/c16-9-12-1-2-13(17-10-12)3-4-14-11-18-15(21-14)19-5-7-20-8-6-19/h1-4,10-11H,5-8H2. The summed E-state index contributed by atoms with van der Waals surface area (Å²) in [7, 11) is 0. The first kappa shape index (κ1) is 13.7. The molecule has 3 rings (SSSR count). The molecule has 1 saturated heterocycles. The number of hydrogen-bond acceptors (Lipinski definition) is 6. The molecule has 1 fully saturated rings. The van der Waals surface area contributed by atoms with Gasteiger partial charge in [0.1, 0.15) is 6.07 Å². The number of anilines is 1. The number of ether oxygens (including phenoxy) is 1. The van der Waals surface area contributed by atoms with Gasteiger partial charge in [-0.1, -0.05) is 11.3 Å². The van der Waals surface area contributed by atoms with Crippen molar-refractivity contribution in [2.24, 2.45) is 0 Å². The molecule has 0 spiro atoms. The zero-order chi connectivity index (χ0) is 14.5. The Morgan fingerprint density at radius 1 is 1.19 bits per heavy atom. The average molecular weight is 298 g/mol. The van der Waals surface area contributed by atoms with Gasteiger partial charge in [-0.25, -0.2) is 4.98 Å². The normalized spacial score (nSPS) is 15.3. The van der Waals surface area contributed by atoms with E-state index in [2.05, 4.69) is 20.9 Å². The minimum absolute atomic E-state index is 0.569. The molecule has 6 heteroatoms. The van der Waals surface area contributed by atoms with Crippen molar-refractivity contribution in [2.45, 2.75) is 0 Å². The number of thiazole rings is 1. The summed E-state index contributed by atoms with van der Waals surface area (Å²) >= 11 is 1.66. The van der Waals surface area contributed by atoms with Crippen molar-refractivity contribution in [3.63, 3.8) is 0 Å². The maximum absolute atomic E-state index is 8.73. The van der Waals surface area contributed by atoms with Crippen LogP contribution in [-0.4, -0.2) is 36.3 Å². The molecule has 0 unspecified atom stereocenters. The van der Waals surface area contributed by atoms with Crippen LogP contribution in [0.25, 0.3) is 12.2 Å². The van der Waals surface area contributed by atoms with Gasteiger partial charge in [-0.05, 0) is 24.3 Å². The second-order valence-corrected chi connectivity index (χ2v) is 5.60. The number of hydrogen-bond donors (Lipinski definition) is 0. The summed E-state index contributed by atoms with van der Waals surface area (Å²) in [6.45, 7) is 3.32. The maximum Gasteiger partial charge on any atom is 0.185 e. The fourth-order valence-corrected chi connectivity index (χ4v) is 2.86. The molecule has 0 N–H and O–H groups in total. The van der Waals surface area contributed by atoms with Gasteiger partial charge in [0.15, 0.2) is 5.13 Å². The van der Waals surface area contributed by atoms with Gasteiger partial charge in [0, 0.05) is 30.4 Å². The first-order valence-corrected chi connectivity index (χ1v) is 7.49. The Labute approximate surface area is 127 Å². The Morgan fingerprint density at radius 3 is 2.76 bits per heavy atom. The summed E-state index contributed by atoms with van der Waals surface area (Å²) in [5.41, 5.74) is 1.40. The quantitative estimate of drug-likeness (QED) is 0.871. The van der Waals surface area contributed by atoms with E-state index in [-0.39, 0.29) is 0 Å². The number of nitrogens with zero attached hydrogens (tertiary/aromatic N) is 4. The number of morpholine rings is 1. The number of nitriles is 1. The van der Waals surface area contributed by atoms with Crippen molar-refractivity contribution in [1.82, 2.24) is 9.97 Å².